The molecule has 0 radical (unpaired) electrons. The lowest BCUT2D eigenvalue weighted by Gasteiger charge is -2.11. The van der Waals surface area contributed by atoms with Gasteiger partial charge in [-0.25, -0.2) is 9.97 Å². The first-order chi connectivity index (χ1) is 15.1. The van der Waals surface area contributed by atoms with E-state index in [1.165, 1.54) is 24.3 Å². The minimum Gasteiger partial charge on any atom is -0.228 e. The van der Waals surface area contributed by atoms with Crippen LogP contribution in [0, 0.1) is 0 Å². The molecule has 0 aliphatic carbocycles. The van der Waals surface area contributed by atoms with Crippen molar-refractivity contribution in [1.29, 1.82) is 0 Å². The van der Waals surface area contributed by atoms with Gasteiger partial charge in [-0.15, -0.1) is 0 Å². The molecule has 162 valence electrons. The Balaban J connectivity index is 1.82. The van der Waals surface area contributed by atoms with E-state index in [1.807, 2.05) is 6.07 Å². The second-order valence-corrected chi connectivity index (χ2v) is 6.98. The Kier molecular flexibility index (Phi) is 5.46. The predicted molar refractivity (Wildman–Crippen MR) is 108 cm³/mol. The highest BCUT2D eigenvalue weighted by Gasteiger charge is 2.31. The van der Waals surface area contributed by atoms with Crippen LogP contribution in [-0.4, -0.2) is 9.97 Å². The molecule has 3 aromatic carbocycles. The van der Waals surface area contributed by atoms with E-state index in [0.29, 0.717) is 22.5 Å². The third-order valence-corrected chi connectivity index (χ3v) is 4.77. The SMILES string of the molecule is FC(F)(F)c1ccc(-c2cc(-c3ccccc3)nc(-c3ccc(C(F)(F)F)cc3)n2)cc1. The Hall–Kier alpha value is -3.68. The molecular formula is C24H14F6N2. The van der Waals surface area contributed by atoms with E-state index in [-0.39, 0.29) is 5.82 Å². The van der Waals surface area contributed by atoms with Crippen LogP contribution in [0.2, 0.25) is 0 Å². The van der Waals surface area contributed by atoms with Crippen molar-refractivity contribution >= 4 is 0 Å². The van der Waals surface area contributed by atoms with E-state index >= 15 is 0 Å². The molecule has 32 heavy (non-hydrogen) atoms. The number of hydrogen-bond acceptors (Lipinski definition) is 2. The Morgan fingerprint density at radius 1 is 0.469 bits per heavy atom. The molecule has 0 spiro atoms. The normalized spacial score (nSPS) is 12.1. The summed E-state index contributed by atoms with van der Waals surface area (Å²) < 4.78 is 77.4. The Morgan fingerprint density at radius 2 is 0.875 bits per heavy atom. The fraction of sp³-hybridized carbons (Fsp3) is 0.0833. The van der Waals surface area contributed by atoms with Gasteiger partial charge in [-0.05, 0) is 30.3 Å². The van der Waals surface area contributed by atoms with Gasteiger partial charge >= 0.3 is 12.4 Å². The van der Waals surface area contributed by atoms with Gasteiger partial charge in [0.25, 0.3) is 0 Å². The number of halogens is 6. The van der Waals surface area contributed by atoms with Crippen molar-refractivity contribution in [3.8, 4) is 33.9 Å². The highest BCUT2D eigenvalue weighted by atomic mass is 19.4. The van der Waals surface area contributed by atoms with Crippen molar-refractivity contribution in [2.75, 3.05) is 0 Å². The predicted octanol–water partition coefficient (Wildman–Crippen LogP) is 7.52. The maximum absolute atomic E-state index is 12.9. The van der Waals surface area contributed by atoms with Crippen molar-refractivity contribution in [3.63, 3.8) is 0 Å². The van der Waals surface area contributed by atoms with Gasteiger partial charge in [0.2, 0.25) is 0 Å². The van der Waals surface area contributed by atoms with E-state index < -0.39 is 23.5 Å². The fourth-order valence-electron chi connectivity index (χ4n) is 3.12. The lowest BCUT2D eigenvalue weighted by Crippen LogP contribution is -2.05. The van der Waals surface area contributed by atoms with Crippen LogP contribution in [0.5, 0.6) is 0 Å². The number of hydrogen-bond donors (Lipinski definition) is 0. The van der Waals surface area contributed by atoms with Crippen LogP contribution in [0.4, 0.5) is 26.3 Å². The highest BCUT2D eigenvalue weighted by Crippen LogP contribution is 2.33. The molecule has 0 saturated heterocycles. The third-order valence-electron chi connectivity index (χ3n) is 4.77. The largest absolute Gasteiger partial charge is 0.416 e. The van der Waals surface area contributed by atoms with Crippen molar-refractivity contribution in [2.24, 2.45) is 0 Å². The molecular weight excluding hydrogens is 430 g/mol. The van der Waals surface area contributed by atoms with Crippen LogP contribution in [0.1, 0.15) is 11.1 Å². The van der Waals surface area contributed by atoms with Crippen LogP contribution in [-0.2, 0) is 12.4 Å². The van der Waals surface area contributed by atoms with Gasteiger partial charge in [0.05, 0.1) is 22.5 Å². The molecule has 0 aliphatic heterocycles. The molecule has 0 bridgehead atoms. The smallest absolute Gasteiger partial charge is 0.228 e. The number of alkyl halides is 6. The first-order valence-electron chi connectivity index (χ1n) is 9.41. The van der Waals surface area contributed by atoms with Gasteiger partial charge in [0.1, 0.15) is 0 Å². The van der Waals surface area contributed by atoms with Crippen molar-refractivity contribution in [3.05, 3.63) is 96.1 Å². The van der Waals surface area contributed by atoms with Crippen LogP contribution < -0.4 is 0 Å². The molecule has 0 unspecified atom stereocenters. The summed E-state index contributed by atoms with van der Waals surface area (Å²) in [5.74, 6) is 0.162. The van der Waals surface area contributed by atoms with Gasteiger partial charge in [0, 0.05) is 16.7 Å². The van der Waals surface area contributed by atoms with Crippen LogP contribution in [0.25, 0.3) is 33.9 Å². The Labute approximate surface area is 179 Å². The van der Waals surface area contributed by atoms with Gasteiger partial charge in [-0.1, -0.05) is 54.6 Å². The van der Waals surface area contributed by atoms with E-state index in [0.717, 1.165) is 29.8 Å². The minimum absolute atomic E-state index is 0.162. The van der Waals surface area contributed by atoms with Crippen LogP contribution in [0.3, 0.4) is 0 Å². The zero-order valence-corrected chi connectivity index (χ0v) is 16.2. The molecule has 0 amide bonds. The summed E-state index contributed by atoms with van der Waals surface area (Å²) in [5, 5.41) is 0. The second kappa shape index (κ2) is 8.11. The van der Waals surface area contributed by atoms with E-state index in [1.54, 1.807) is 30.3 Å². The monoisotopic (exact) mass is 444 g/mol. The van der Waals surface area contributed by atoms with E-state index in [9.17, 15) is 26.3 Å². The van der Waals surface area contributed by atoms with E-state index in [4.69, 9.17) is 0 Å². The fourth-order valence-corrected chi connectivity index (χ4v) is 3.12. The molecule has 4 aromatic rings. The Morgan fingerprint density at radius 3 is 1.31 bits per heavy atom. The molecule has 1 aromatic heterocycles. The molecule has 0 aliphatic rings. The molecule has 0 atom stereocenters. The molecule has 0 saturated carbocycles. The molecule has 0 fully saturated rings. The summed E-state index contributed by atoms with van der Waals surface area (Å²) in [6.07, 6.45) is -8.94. The average molecular weight is 444 g/mol. The number of benzene rings is 3. The van der Waals surface area contributed by atoms with Gasteiger partial charge in [-0.3, -0.25) is 0 Å². The van der Waals surface area contributed by atoms with Gasteiger partial charge in [0.15, 0.2) is 5.82 Å². The standard InChI is InChI=1S/C24H14F6N2/c25-23(26,27)18-10-6-16(7-11-18)21-14-20(15-4-2-1-3-5-15)31-22(32-21)17-8-12-19(13-9-17)24(28,29)30/h1-14H. The van der Waals surface area contributed by atoms with Crippen LogP contribution >= 0.6 is 0 Å². The first kappa shape index (κ1) is 21.5. The number of rotatable bonds is 3. The summed E-state index contributed by atoms with van der Waals surface area (Å²) in [6.45, 7) is 0. The molecule has 2 nitrogen and oxygen atoms in total. The maximum Gasteiger partial charge on any atom is 0.416 e. The number of aromatic nitrogens is 2. The lowest BCUT2D eigenvalue weighted by atomic mass is 10.0. The summed E-state index contributed by atoms with van der Waals surface area (Å²) in [6, 6.07) is 19.6. The summed E-state index contributed by atoms with van der Waals surface area (Å²) in [5.41, 5.74) is 0.753. The van der Waals surface area contributed by atoms with Gasteiger partial charge in [-0.2, -0.15) is 26.3 Å². The maximum atomic E-state index is 12.9. The highest BCUT2D eigenvalue weighted by molar-refractivity contribution is 5.71. The zero-order chi connectivity index (χ0) is 22.9. The van der Waals surface area contributed by atoms with Crippen molar-refractivity contribution < 1.29 is 26.3 Å². The molecule has 8 heteroatoms. The Bertz CT molecular complexity index is 1140. The average Bonchev–Trinajstić information content (AvgIpc) is 2.78. The molecule has 1 heterocycles. The van der Waals surface area contributed by atoms with Crippen molar-refractivity contribution in [1.82, 2.24) is 9.97 Å². The van der Waals surface area contributed by atoms with Gasteiger partial charge < -0.3 is 0 Å². The molecule has 0 N–H and O–H groups in total. The van der Waals surface area contributed by atoms with E-state index in [2.05, 4.69) is 9.97 Å². The number of nitrogens with zero attached hydrogens (tertiary/aromatic N) is 2. The quantitative estimate of drug-likeness (QED) is 0.306. The zero-order valence-electron chi connectivity index (χ0n) is 16.2. The summed E-state index contributed by atoms with van der Waals surface area (Å²) >= 11 is 0. The second-order valence-electron chi connectivity index (χ2n) is 6.98. The van der Waals surface area contributed by atoms with Crippen LogP contribution in [0.15, 0.2) is 84.9 Å². The lowest BCUT2D eigenvalue weighted by molar-refractivity contribution is -0.138. The first-order valence-corrected chi connectivity index (χ1v) is 9.41. The summed E-state index contributed by atoms with van der Waals surface area (Å²) in [7, 11) is 0. The molecule has 4 rings (SSSR count). The third kappa shape index (κ3) is 4.64. The van der Waals surface area contributed by atoms with Crippen molar-refractivity contribution in [2.45, 2.75) is 12.4 Å². The minimum atomic E-state index is -4.48. The topological polar surface area (TPSA) is 25.8 Å². The summed E-state index contributed by atoms with van der Waals surface area (Å²) in [4.78, 5) is 8.89.